The predicted molar refractivity (Wildman–Crippen MR) is 145 cm³/mol. The Kier molecular flexibility index (Phi) is 6.03. The summed E-state index contributed by atoms with van der Waals surface area (Å²) in [6.45, 7) is 2.50. The number of hydrogen-bond donors (Lipinski definition) is 2. The molecule has 172 valence electrons. The number of hydrogen-bond acceptors (Lipinski definition) is 1. The minimum atomic E-state index is 0.788. The molecule has 1 aromatic heterocycles. The molecule has 1 saturated heterocycles. The Hall–Kier alpha value is -2.81. The molecule has 0 atom stereocenters. The fourth-order valence-electron chi connectivity index (χ4n) is 5.87. The monoisotopic (exact) mass is 466 g/mol. The van der Waals surface area contributed by atoms with Gasteiger partial charge in [-0.15, -0.1) is 0 Å². The van der Waals surface area contributed by atoms with Gasteiger partial charge in [-0.1, -0.05) is 72.6 Å². The van der Waals surface area contributed by atoms with Gasteiger partial charge in [0.25, 0.3) is 0 Å². The fourth-order valence-corrected chi connectivity index (χ4v) is 6.10. The summed E-state index contributed by atoms with van der Waals surface area (Å²) in [7, 11) is 0. The number of halogens is 1. The first-order valence-electron chi connectivity index (χ1n) is 12.7. The van der Waals surface area contributed by atoms with Gasteiger partial charge in [-0.2, -0.15) is 0 Å². The van der Waals surface area contributed by atoms with Gasteiger partial charge in [-0.3, -0.25) is 0 Å². The summed E-state index contributed by atoms with van der Waals surface area (Å²) in [5.41, 5.74) is 9.46. The molecular weight excluding hydrogens is 436 g/mol. The molecular formula is C31H31ClN2. The maximum atomic E-state index is 6.43. The molecule has 0 spiro atoms. The number of aromatic amines is 1. The zero-order valence-corrected chi connectivity index (χ0v) is 20.3. The van der Waals surface area contributed by atoms with Crippen molar-refractivity contribution in [1.29, 1.82) is 0 Å². The maximum Gasteiger partial charge on any atom is 0.0649 e. The van der Waals surface area contributed by atoms with Crippen LogP contribution in [0.15, 0.2) is 60.8 Å². The van der Waals surface area contributed by atoms with Crippen LogP contribution in [0.25, 0.3) is 33.7 Å². The second-order valence-electron chi connectivity index (χ2n) is 9.63. The van der Waals surface area contributed by atoms with E-state index in [0.717, 1.165) is 29.8 Å². The van der Waals surface area contributed by atoms with Crippen LogP contribution in [-0.4, -0.2) is 18.1 Å². The molecule has 0 radical (unpaired) electrons. The summed E-state index contributed by atoms with van der Waals surface area (Å²) in [4.78, 5) is 3.42. The van der Waals surface area contributed by atoms with E-state index >= 15 is 0 Å². The summed E-state index contributed by atoms with van der Waals surface area (Å²) < 4.78 is 0. The van der Waals surface area contributed by atoms with Gasteiger partial charge in [0.2, 0.25) is 0 Å². The Bertz CT molecular complexity index is 1460. The van der Waals surface area contributed by atoms with Crippen molar-refractivity contribution in [2.24, 2.45) is 0 Å². The van der Waals surface area contributed by atoms with Gasteiger partial charge in [0.15, 0.2) is 0 Å². The van der Waals surface area contributed by atoms with Crippen LogP contribution in [0, 0.1) is 0 Å². The average Bonchev–Trinajstić information content (AvgIpc) is 3.35. The van der Waals surface area contributed by atoms with E-state index in [9.17, 15) is 0 Å². The second-order valence-corrected chi connectivity index (χ2v) is 10.0. The third-order valence-corrected chi connectivity index (χ3v) is 7.85. The van der Waals surface area contributed by atoms with Gasteiger partial charge < -0.3 is 10.3 Å². The van der Waals surface area contributed by atoms with Crippen molar-refractivity contribution >= 4 is 34.2 Å². The highest BCUT2D eigenvalue weighted by atomic mass is 35.5. The summed E-state index contributed by atoms with van der Waals surface area (Å²) >= 11 is 6.43. The third kappa shape index (κ3) is 3.89. The van der Waals surface area contributed by atoms with Crippen LogP contribution in [0.4, 0.5) is 0 Å². The molecule has 3 aromatic carbocycles. The lowest BCUT2D eigenvalue weighted by Gasteiger charge is -2.21. The van der Waals surface area contributed by atoms with E-state index < -0.39 is 0 Å². The summed E-state index contributed by atoms with van der Waals surface area (Å²) in [6, 6.07) is 19.7. The van der Waals surface area contributed by atoms with E-state index in [1.165, 1.54) is 88.0 Å². The highest BCUT2D eigenvalue weighted by Gasteiger charge is 2.20. The zero-order chi connectivity index (χ0) is 22.9. The van der Waals surface area contributed by atoms with E-state index in [4.69, 9.17) is 11.6 Å². The van der Waals surface area contributed by atoms with Crippen LogP contribution < -0.4 is 15.8 Å². The van der Waals surface area contributed by atoms with Crippen LogP contribution in [0.5, 0.6) is 0 Å². The lowest BCUT2D eigenvalue weighted by Crippen LogP contribution is -2.36. The number of fused-ring (bicyclic) bond motifs is 6. The van der Waals surface area contributed by atoms with Crippen molar-refractivity contribution in [2.45, 2.75) is 44.9 Å². The Labute approximate surface area is 206 Å². The van der Waals surface area contributed by atoms with E-state index in [-0.39, 0.29) is 0 Å². The molecule has 2 aliphatic carbocycles. The smallest absolute Gasteiger partial charge is 0.0649 e. The van der Waals surface area contributed by atoms with Crippen LogP contribution >= 0.6 is 11.6 Å². The Morgan fingerprint density at radius 1 is 0.706 bits per heavy atom. The zero-order valence-electron chi connectivity index (χ0n) is 19.6. The standard InChI is InChI=1S/C26H20ClN.C5H11N/c27-24-10-4-9-22-23(15-28-26(22)24)20-8-3-6-17-12-13-19-18-7-2-1-5-16(18)11-14-21(19)25(17)20;1-2-4-6-5-3-1/h1-2,4-5,7,9-10,12-15,28H,3,6,8,11H2;6H,1-5H2. The van der Waals surface area contributed by atoms with Gasteiger partial charge in [-0.25, -0.2) is 0 Å². The Balaban J connectivity index is 0.000000318. The van der Waals surface area contributed by atoms with Crippen LogP contribution in [-0.2, 0) is 12.8 Å². The van der Waals surface area contributed by atoms with Crippen LogP contribution in [0.3, 0.4) is 0 Å². The summed E-state index contributed by atoms with van der Waals surface area (Å²) in [6.07, 6.45) is 13.3. The van der Waals surface area contributed by atoms with Gasteiger partial charge in [-0.05, 0) is 95.9 Å². The topological polar surface area (TPSA) is 27.8 Å². The number of benzene rings is 3. The summed E-state index contributed by atoms with van der Waals surface area (Å²) in [5.74, 6) is 0. The lowest BCUT2D eigenvalue weighted by molar-refractivity contribution is 0.520. The molecule has 2 nitrogen and oxygen atoms in total. The first kappa shape index (κ1) is 21.7. The van der Waals surface area contributed by atoms with Crippen molar-refractivity contribution in [1.82, 2.24) is 10.3 Å². The maximum absolute atomic E-state index is 6.43. The average molecular weight is 467 g/mol. The molecule has 2 N–H and O–H groups in total. The first-order chi connectivity index (χ1) is 16.8. The normalized spacial score (nSPS) is 16.6. The second kappa shape index (κ2) is 9.44. The Morgan fingerprint density at radius 2 is 1.59 bits per heavy atom. The van der Waals surface area contributed by atoms with Crippen molar-refractivity contribution in [3.8, 4) is 11.1 Å². The van der Waals surface area contributed by atoms with Gasteiger partial charge in [0.05, 0.1) is 10.5 Å². The van der Waals surface area contributed by atoms with Gasteiger partial charge in [0.1, 0.15) is 0 Å². The Morgan fingerprint density at radius 3 is 2.41 bits per heavy atom. The molecule has 0 saturated carbocycles. The molecule has 34 heavy (non-hydrogen) atoms. The molecule has 2 heterocycles. The number of para-hydroxylation sites is 1. The lowest BCUT2D eigenvalue weighted by atomic mass is 9.83. The molecule has 0 unspecified atom stereocenters. The van der Waals surface area contributed by atoms with Crippen molar-refractivity contribution in [2.75, 3.05) is 13.1 Å². The molecule has 3 aliphatic rings. The highest BCUT2D eigenvalue weighted by Crippen LogP contribution is 2.32. The molecule has 1 fully saturated rings. The minimum Gasteiger partial charge on any atom is -0.359 e. The number of aryl methyl sites for hydroxylation is 1. The molecule has 0 bridgehead atoms. The van der Waals surface area contributed by atoms with Gasteiger partial charge in [0, 0.05) is 17.1 Å². The largest absolute Gasteiger partial charge is 0.359 e. The number of aromatic nitrogens is 1. The molecule has 3 heteroatoms. The van der Waals surface area contributed by atoms with E-state index in [2.05, 4.69) is 71.1 Å². The number of nitrogens with one attached hydrogen (secondary N) is 2. The van der Waals surface area contributed by atoms with Gasteiger partial charge >= 0.3 is 0 Å². The van der Waals surface area contributed by atoms with E-state index in [0.29, 0.717) is 0 Å². The highest BCUT2D eigenvalue weighted by molar-refractivity contribution is 6.35. The molecule has 4 aromatic rings. The summed E-state index contributed by atoms with van der Waals surface area (Å²) in [5, 5.41) is 8.18. The van der Waals surface area contributed by atoms with Crippen molar-refractivity contribution < 1.29 is 0 Å². The fraction of sp³-hybridized carbons (Fsp3) is 0.290. The van der Waals surface area contributed by atoms with Crippen LogP contribution in [0.1, 0.15) is 48.8 Å². The number of piperidine rings is 1. The SMILES string of the molecule is C1CCNCC1.Clc1cccc2c(C3=c4c(ccc5c4=CCc4ccccc4-5)CCC3)c[nH]c12. The third-order valence-electron chi connectivity index (χ3n) is 7.54. The number of H-pyrrole nitrogens is 1. The molecule has 1 aliphatic heterocycles. The van der Waals surface area contributed by atoms with Crippen molar-refractivity contribution in [3.05, 3.63) is 92.9 Å². The first-order valence-corrected chi connectivity index (χ1v) is 13.1. The predicted octanol–water partition coefficient (Wildman–Crippen LogP) is 6.12. The molecule has 0 amide bonds. The minimum absolute atomic E-state index is 0.788. The quantitative estimate of drug-likeness (QED) is 0.347. The van der Waals surface area contributed by atoms with Crippen molar-refractivity contribution in [3.63, 3.8) is 0 Å². The molecule has 7 rings (SSSR count). The van der Waals surface area contributed by atoms with Crippen LogP contribution in [0.2, 0.25) is 5.02 Å². The van der Waals surface area contributed by atoms with E-state index in [1.807, 2.05) is 6.07 Å². The number of rotatable bonds is 1. The van der Waals surface area contributed by atoms with E-state index in [1.54, 1.807) is 0 Å².